The summed E-state index contributed by atoms with van der Waals surface area (Å²) in [4.78, 5) is 10.1. The molecule has 2 rings (SSSR count). The molecule has 1 atom stereocenters. The molecule has 104 valence electrons. The van der Waals surface area contributed by atoms with Crippen molar-refractivity contribution >= 4 is 17.3 Å². The second-order valence-corrected chi connectivity index (χ2v) is 5.17. The van der Waals surface area contributed by atoms with E-state index in [4.69, 9.17) is 16.3 Å². The summed E-state index contributed by atoms with van der Waals surface area (Å²) >= 11 is 6.00. The topological polar surface area (TPSA) is 64.4 Å². The molecule has 19 heavy (non-hydrogen) atoms. The Morgan fingerprint density at radius 2 is 2.37 bits per heavy atom. The Bertz CT molecular complexity index is 448. The van der Waals surface area contributed by atoms with Crippen LogP contribution in [0.25, 0.3) is 0 Å². The molecule has 0 spiro atoms. The number of ether oxygens (including phenoxy) is 1. The Hall–Kier alpha value is -1.17. The van der Waals surface area contributed by atoms with E-state index in [-0.39, 0.29) is 5.69 Å². The molecule has 5 nitrogen and oxygen atoms in total. The van der Waals surface area contributed by atoms with E-state index in [0.29, 0.717) is 24.2 Å². The van der Waals surface area contributed by atoms with Gasteiger partial charge in [-0.15, -0.1) is 0 Å². The molecule has 1 heterocycles. The number of rotatable bonds is 5. The maximum Gasteiger partial charge on any atom is 0.270 e. The van der Waals surface area contributed by atoms with Gasteiger partial charge in [0.05, 0.1) is 23.2 Å². The van der Waals surface area contributed by atoms with Gasteiger partial charge in [0.15, 0.2) is 0 Å². The van der Waals surface area contributed by atoms with Gasteiger partial charge in [-0.3, -0.25) is 10.1 Å². The molecule has 0 aromatic heterocycles. The first-order chi connectivity index (χ1) is 9.16. The Balaban J connectivity index is 1.83. The maximum absolute atomic E-state index is 10.6. The van der Waals surface area contributed by atoms with E-state index in [0.717, 1.165) is 18.7 Å². The number of nitro groups is 1. The Labute approximate surface area is 117 Å². The first-order valence-corrected chi connectivity index (χ1v) is 6.76. The fourth-order valence-corrected chi connectivity index (χ4v) is 2.40. The molecule has 0 bridgehead atoms. The summed E-state index contributed by atoms with van der Waals surface area (Å²) in [6, 6.07) is 4.47. The molecule has 1 unspecified atom stereocenters. The lowest BCUT2D eigenvalue weighted by Gasteiger charge is -2.22. The second kappa shape index (κ2) is 6.84. The van der Waals surface area contributed by atoms with Crippen LogP contribution in [0.3, 0.4) is 0 Å². The molecule has 0 radical (unpaired) electrons. The van der Waals surface area contributed by atoms with Crippen molar-refractivity contribution < 1.29 is 9.66 Å². The van der Waals surface area contributed by atoms with E-state index in [1.807, 2.05) is 0 Å². The molecular formula is C13H17ClN2O3. The van der Waals surface area contributed by atoms with Crippen molar-refractivity contribution in [2.24, 2.45) is 5.92 Å². The van der Waals surface area contributed by atoms with E-state index in [1.54, 1.807) is 6.07 Å². The van der Waals surface area contributed by atoms with Gasteiger partial charge in [-0.2, -0.15) is 0 Å². The lowest BCUT2D eigenvalue weighted by Crippen LogP contribution is -2.32. The third-order valence-electron chi connectivity index (χ3n) is 3.26. The van der Waals surface area contributed by atoms with Crippen LogP contribution in [0.4, 0.5) is 5.69 Å². The number of halogens is 1. The highest BCUT2D eigenvalue weighted by molar-refractivity contribution is 6.31. The highest BCUT2D eigenvalue weighted by Crippen LogP contribution is 2.23. The van der Waals surface area contributed by atoms with Crippen molar-refractivity contribution in [1.82, 2.24) is 5.32 Å². The summed E-state index contributed by atoms with van der Waals surface area (Å²) in [5, 5.41) is 14.3. The minimum Gasteiger partial charge on any atom is -0.376 e. The lowest BCUT2D eigenvalue weighted by atomic mass is 10.0. The summed E-state index contributed by atoms with van der Waals surface area (Å²) < 4.78 is 5.65. The van der Waals surface area contributed by atoms with Crippen molar-refractivity contribution in [2.45, 2.75) is 19.4 Å². The normalized spacial score (nSPS) is 19.3. The monoisotopic (exact) mass is 284 g/mol. The zero-order chi connectivity index (χ0) is 13.7. The highest BCUT2D eigenvalue weighted by atomic mass is 35.5. The van der Waals surface area contributed by atoms with Gasteiger partial charge >= 0.3 is 0 Å². The zero-order valence-corrected chi connectivity index (χ0v) is 11.4. The van der Waals surface area contributed by atoms with Crippen molar-refractivity contribution in [3.8, 4) is 0 Å². The van der Waals surface area contributed by atoms with Crippen molar-refractivity contribution in [3.05, 3.63) is 38.9 Å². The average Bonchev–Trinajstić information content (AvgIpc) is 2.41. The fourth-order valence-electron chi connectivity index (χ4n) is 2.17. The number of piperidine rings is 1. The second-order valence-electron chi connectivity index (χ2n) is 4.76. The summed E-state index contributed by atoms with van der Waals surface area (Å²) in [5.41, 5.74) is 0.793. The number of non-ortho nitro benzene ring substituents is 1. The van der Waals surface area contributed by atoms with Crippen LogP contribution >= 0.6 is 11.6 Å². The van der Waals surface area contributed by atoms with Gasteiger partial charge < -0.3 is 10.1 Å². The van der Waals surface area contributed by atoms with E-state index in [1.165, 1.54) is 25.0 Å². The number of benzene rings is 1. The zero-order valence-electron chi connectivity index (χ0n) is 10.6. The van der Waals surface area contributed by atoms with Crippen LogP contribution in [0.15, 0.2) is 18.2 Å². The highest BCUT2D eigenvalue weighted by Gasteiger charge is 2.14. The lowest BCUT2D eigenvalue weighted by molar-refractivity contribution is -0.384. The molecule has 1 fully saturated rings. The van der Waals surface area contributed by atoms with Crippen LogP contribution in [-0.4, -0.2) is 24.6 Å². The van der Waals surface area contributed by atoms with Crippen LogP contribution in [0.1, 0.15) is 18.4 Å². The Kier molecular flexibility index (Phi) is 5.13. The quantitative estimate of drug-likeness (QED) is 0.667. The van der Waals surface area contributed by atoms with Gasteiger partial charge in [-0.05, 0) is 36.9 Å². The summed E-state index contributed by atoms with van der Waals surface area (Å²) in [5.74, 6) is 0.547. The molecule has 1 aliphatic rings. The largest absolute Gasteiger partial charge is 0.376 e. The number of nitrogens with one attached hydrogen (secondary N) is 1. The number of nitro benzene ring substituents is 1. The summed E-state index contributed by atoms with van der Waals surface area (Å²) in [6.07, 6.45) is 2.37. The van der Waals surface area contributed by atoms with Crippen LogP contribution in [-0.2, 0) is 11.3 Å². The first kappa shape index (κ1) is 14.2. The minimum atomic E-state index is -0.454. The number of hydrogen-bond acceptors (Lipinski definition) is 4. The van der Waals surface area contributed by atoms with Gasteiger partial charge in [-0.25, -0.2) is 0 Å². The Morgan fingerprint density at radius 1 is 1.53 bits per heavy atom. The molecule has 1 aromatic rings. The molecule has 0 amide bonds. The van der Waals surface area contributed by atoms with Crippen LogP contribution < -0.4 is 5.32 Å². The maximum atomic E-state index is 10.6. The first-order valence-electron chi connectivity index (χ1n) is 6.38. The van der Waals surface area contributed by atoms with Crippen LogP contribution in [0, 0.1) is 16.0 Å². The average molecular weight is 285 g/mol. The van der Waals surface area contributed by atoms with Gasteiger partial charge in [-0.1, -0.05) is 11.6 Å². The van der Waals surface area contributed by atoms with E-state index in [2.05, 4.69) is 5.32 Å². The number of hydrogen-bond donors (Lipinski definition) is 1. The standard InChI is InChI=1S/C13H17ClN2O3/c14-13-6-12(16(17)18)4-3-11(13)9-19-8-10-2-1-5-15-7-10/h3-4,6,10,15H,1-2,5,7-9H2. The third kappa shape index (κ3) is 4.16. The molecule has 0 saturated carbocycles. The Morgan fingerprint density at radius 3 is 3.00 bits per heavy atom. The molecule has 1 aromatic carbocycles. The van der Waals surface area contributed by atoms with E-state index < -0.39 is 4.92 Å². The predicted octanol–water partition coefficient (Wildman–Crippen LogP) is 2.76. The van der Waals surface area contributed by atoms with Gasteiger partial charge in [0.2, 0.25) is 0 Å². The minimum absolute atomic E-state index is 0.00484. The molecule has 1 N–H and O–H groups in total. The summed E-state index contributed by atoms with van der Waals surface area (Å²) in [6.45, 7) is 3.17. The van der Waals surface area contributed by atoms with Crippen molar-refractivity contribution in [1.29, 1.82) is 0 Å². The van der Waals surface area contributed by atoms with Gasteiger partial charge in [0.25, 0.3) is 5.69 Å². The molecular weight excluding hydrogens is 268 g/mol. The number of nitrogens with zero attached hydrogens (tertiary/aromatic N) is 1. The molecule has 1 saturated heterocycles. The summed E-state index contributed by atoms with van der Waals surface area (Å²) in [7, 11) is 0. The smallest absolute Gasteiger partial charge is 0.270 e. The fraction of sp³-hybridized carbons (Fsp3) is 0.538. The van der Waals surface area contributed by atoms with E-state index in [9.17, 15) is 10.1 Å². The molecule has 0 aliphatic carbocycles. The van der Waals surface area contributed by atoms with Gasteiger partial charge in [0.1, 0.15) is 0 Å². The third-order valence-corrected chi connectivity index (χ3v) is 3.61. The molecule has 6 heteroatoms. The van der Waals surface area contributed by atoms with Crippen LogP contribution in [0.5, 0.6) is 0 Å². The van der Waals surface area contributed by atoms with Crippen molar-refractivity contribution in [2.75, 3.05) is 19.7 Å². The van der Waals surface area contributed by atoms with E-state index >= 15 is 0 Å². The van der Waals surface area contributed by atoms with Crippen LogP contribution in [0.2, 0.25) is 5.02 Å². The van der Waals surface area contributed by atoms with Gasteiger partial charge in [0, 0.05) is 18.7 Å². The predicted molar refractivity (Wildman–Crippen MR) is 73.4 cm³/mol. The molecule has 1 aliphatic heterocycles. The SMILES string of the molecule is O=[N+]([O-])c1ccc(COCC2CCCNC2)c(Cl)c1. The van der Waals surface area contributed by atoms with Crippen molar-refractivity contribution in [3.63, 3.8) is 0 Å².